The Morgan fingerprint density at radius 2 is 1.68 bits per heavy atom. The summed E-state index contributed by atoms with van der Waals surface area (Å²) >= 11 is 1.14. The highest BCUT2D eigenvalue weighted by Gasteiger charge is 2.39. The van der Waals surface area contributed by atoms with Crippen molar-refractivity contribution in [3.63, 3.8) is 0 Å². The molecular formula is C22H21N3O4S2. The van der Waals surface area contributed by atoms with E-state index >= 15 is 0 Å². The van der Waals surface area contributed by atoms with Gasteiger partial charge in [0.2, 0.25) is 5.91 Å². The lowest BCUT2D eigenvalue weighted by Gasteiger charge is -2.22. The maximum Gasteiger partial charge on any atom is 0.255 e. The molecule has 160 valence electrons. The summed E-state index contributed by atoms with van der Waals surface area (Å²) in [7, 11) is -3.70. The summed E-state index contributed by atoms with van der Waals surface area (Å²) in [5.41, 5.74) is 1.54. The molecule has 0 bridgehead atoms. The van der Waals surface area contributed by atoms with Crippen LogP contribution >= 0.6 is 11.3 Å². The fraction of sp³-hybridized carbons (Fsp3) is 0.182. The maximum absolute atomic E-state index is 12.9. The summed E-state index contributed by atoms with van der Waals surface area (Å²) in [6, 6.07) is 18.1. The molecule has 31 heavy (non-hydrogen) atoms. The Labute approximate surface area is 184 Å². The van der Waals surface area contributed by atoms with Crippen LogP contribution in [0.15, 0.2) is 76.3 Å². The van der Waals surface area contributed by atoms with Crippen LogP contribution in [0.1, 0.15) is 23.2 Å². The number of anilines is 2. The molecule has 1 fully saturated rings. The van der Waals surface area contributed by atoms with E-state index in [1.807, 2.05) is 6.07 Å². The zero-order valence-electron chi connectivity index (χ0n) is 16.5. The van der Waals surface area contributed by atoms with Crippen LogP contribution in [0.3, 0.4) is 0 Å². The van der Waals surface area contributed by atoms with Crippen molar-refractivity contribution in [2.75, 3.05) is 17.2 Å². The highest BCUT2D eigenvalue weighted by molar-refractivity contribution is 7.91. The van der Waals surface area contributed by atoms with E-state index < -0.39 is 16.1 Å². The number of nitrogens with one attached hydrogen (secondary N) is 2. The second-order valence-electron chi connectivity index (χ2n) is 7.10. The van der Waals surface area contributed by atoms with Crippen molar-refractivity contribution in [2.45, 2.75) is 23.1 Å². The number of carbonyl (C=O) groups excluding carboxylic acids is 2. The first-order chi connectivity index (χ1) is 14.9. The standard InChI is InChI=1S/C22H21N3O4S2/c26-21(16-7-2-1-3-8-16)23-17-9-4-10-18(15-17)24-22(27)19-11-5-13-25(19)31(28,29)20-12-6-14-30-20/h1-4,6-10,12,14-15,19H,5,11,13H2,(H,23,26)(H,24,27). The number of rotatable bonds is 6. The molecule has 0 saturated carbocycles. The number of carbonyl (C=O) groups is 2. The van der Waals surface area contributed by atoms with E-state index in [-0.39, 0.29) is 16.0 Å². The molecule has 3 aromatic rings. The third kappa shape index (κ3) is 4.68. The molecule has 1 aliphatic rings. The van der Waals surface area contributed by atoms with Crippen LogP contribution < -0.4 is 10.6 Å². The predicted octanol–water partition coefficient (Wildman–Crippen LogP) is 3.79. The Morgan fingerprint density at radius 3 is 2.39 bits per heavy atom. The molecule has 2 amide bonds. The van der Waals surface area contributed by atoms with Gasteiger partial charge in [-0.05, 0) is 54.6 Å². The van der Waals surface area contributed by atoms with Crippen LogP contribution in [-0.2, 0) is 14.8 Å². The minimum absolute atomic E-state index is 0.234. The minimum Gasteiger partial charge on any atom is -0.325 e. The molecule has 4 rings (SSSR count). The molecule has 9 heteroatoms. The van der Waals surface area contributed by atoms with Crippen molar-refractivity contribution in [2.24, 2.45) is 0 Å². The third-order valence-corrected chi connectivity index (χ3v) is 8.27. The van der Waals surface area contributed by atoms with Gasteiger partial charge in [0.05, 0.1) is 0 Å². The third-order valence-electron chi connectivity index (χ3n) is 4.99. The van der Waals surface area contributed by atoms with E-state index in [9.17, 15) is 18.0 Å². The second kappa shape index (κ2) is 9.01. The fourth-order valence-corrected chi connectivity index (χ4v) is 6.28. The Kier molecular flexibility index (Phi) is 6.17. The number of amides is 2. The molecule has 1 atom stereocenters. The lowest BCUT2D eigenvalue weighted by Crippen LogP contribution is -2.42. The summed E-state index contributed by atoms with van der Waals surface area (Å²) < 4.78 is 27.3. The van der Waals surface area contributed by atoms with Gasteiger partial charge in [0.25, 0.3) is 15.9 Å². The molecule has 1 saturated heterocycles. The smallest absolute Gasteiger partial charge is 0.255 e. The van der Waals surface area contributed by atoms with Gasteiger partial charge in [-0.3, -0.25) is 9.59 Å². The van der Waals surface area contributed by atoms with Gasteiger partial charge in [0, 0.05) is 23.5 Å². The Bertz CT molecular complexity index is 1180. The Morgan fingerprint density at radius 1 is 0.935 bits per heavy atom. The summed E-state index contributed by atoms with van der Waals surface area (Å²) in [5.74, 6) is -0.641. The minimum atomic E-state index is -3.70. The number of sulfonamides is 1. The predicted molar refractivity (Wildman–Crippen MR) is 121 cm³/mol. The van der Waals surface area contributed by atoms with Crippen molar-refractivity contribution >= 4 is 44.5 Å². The van der Waals surface area contributed by atoms with E-state index in [1.165, 1.54) is 4.31 Å². The topological polar surface area (TPSA) is 95.6 Å². The van der Waals surface area contributed by atoms with Crippen LogP contribution in [0.4, 0.5) is 11.4 Å². The molecular weight excluding hydrogens is 434 g/mol. The summed E-state index contributed by atoms with van der Waals surface area (Å²) in [5, 5.41) is 7.29. The zero-order chi connectivity index (χ0) is 21.8. The van der Waals surface area contributed by atoms with E-state index in [2.05, 4.69) is 10.6 Å². The first kappa shape index (κ1) is 21.2. The van der Waals surface area contributed by atoms with Crippen LogP contribution in [-0.4, -0.2) is 37.1 Å². The maximum atomic E-state index is 12.9. The van der Waals surface area contributed by atoms with Crippen molar-refractivity contribution in [3.05, 3.63) is 77.7 Å². The first-order valence-electron chi connectivity index (χ1n) is 9.78. The average Bonchev–Trinajstić information content (AvgIpc) is 3.47. The first-order valence-corrected chi connectivity index (χ1v) is 12.1. The largest absolute Gasteiger partial charge is 0.325 e. The van der Waals surface area contributed by atoms with Gasteiger partial charge in [0.1, 0.15) is 10.3 Å². The van der Waals surface area contributed by atoms with E-state index in [4.69, 9.17) is 0 Å². The number of hydrogen-bond acceptors (Lipinski definition) is 5. The molecule has 0 aliphatic carbocycles. The van der Waals surface area contributed by atoms with Crippen molar-refractivity contribution < 1.29 is 18.0 Å². The van der Waals surface area contributed by atoms with Gasteiger partial charge < -0.3 is 10.6 Å². The Balaban J connectivity index is 1.46. The molecule has 1 aromatic heterocycles. The monoisotopic (exact) mass is 455 g/mol. The van der Waals surface area contributed by atoms with Crippen LogP contribution in [0.2, 0.25) is 0 Å². The lowest BCUT2D eigenvalue weighted by atomic mass is 10.2. The van der Waals surface area contributed by atoms with Crippen LogP contribution in [0.5, 0.6) is 0 Å². The normalized spacial score (nSPS) is 16.7. The zero-order valence-corrected chi connectivity index (χ0v) is 18.2. The molecule has 0 radical (unpaired) electrons. The number of thiophene rings is 1. The molecule has 2 heterocycles. The van der Waals surface area contributed by atoms with E-state index in [0.717, 1.165) is 11.3 Å². The highest BCUT2D eigenvalue weighted by Crippen LogP contribution is 2.29. The van der Waals surface area contributed by atoms with Crippen molar-refractivity contribution in [1.29, 1.82) is 0 Å². The average molecular weight is 456 g/mol. The fourth-order valence-electron chi connectivity index (χ4n) is 3.51. The van der Waals surface area contributed by atoms with Gasteiger partial charge in [-0.25, -0.2) is 8.42 Å². The molecule has 7 nitrogen and oxygen atoms in total. The van der Waals surface area contributed by atoms with Gasteiger partial charge in [-0.1, -0.05) is 30.3 Å². The van der Waals surface area contributed by atoms with Gasteiger partial charge in [-0.2, -0.15) is 4.31 Å². The molecule has 1 unspecified atom stereocenters. The summed E-state index contributed by atoms with van der Waals surface area (Å²) in [6.07, 6.45) is 1.08. The number of hydrogen-bond donors (Lipinski definition) is 2. The van der Waals surface area contributed by atoms with E-state index in [1.54, 1.807) is 66.0 Å². The molecule has 0 spiro atoms. The van der Waals surface area contributed by atoms with Gasteiger partial charge in [0.15, 0.2) is 0 Å². The molecule has 2 aromatic carbocycles. The van der Waals surface area contributed by atoms with Gasteiger partial charge >= 0.3 is 0 Å². The van der Waals surface area contributed by atoms with E-state index in [0.29, 0.717) is 36.3 Å². The quantitative estimate of drug-likeness (QED) is 0.591. The SMILES string of the molecule is O=C(Nc1cccc(NC(=O)C2CCCN2S(=O)(=O)c2cccs2)c1)c1ccccc1. The summed E-state index contributed by atoms with van der Waals surface area (Å²) in [6.45, 7) is 0.311. The van der Waals surface area contributed by atoms with Gasteiger partial charge in [-0.15, -0.1) is 11.3 Å². The number of nitrogens with zero attached hydrogens (tertiary/aromatic N) is 1. The highest BCUT2D eigenvalue weighted by atomic mass is 32.2. The molecule has 1 aliphatic heterocycles. The lowest BCUT2D eigenvalue weighted by molar-refractivity contribution is -0.119. The molecule has 2 N–H and O–H groups in total. The second-order valence-corrected chi connectivity index (χ2v) is 10.2. The summed E-state index contributed by atoms with van der Waals surface area (Å²) in [4.78, 5) is 25.2. The number of benzene rings is 2. The van der Waals surface area contributed by atoms with Crippen LogP contribution in [0.25, 0.3) is 0 Å². The van der Waals surface area contributed by atoms with Crippen LogP contribution in [0, 0.1) is 0 Å². The van der Waals surface area contributed by atoms with Crippen molar-refractivity contribution in [1.82, 2.24) is 4.31 Å². The Hall–Kier alpha value is -3.01. The van der Waals surface area contributed by atoms with Crippen molar-refractivity contribution in [3.8, 4) is 0 Å².